The largest absolute Gasteiger partial charge is 0.508 e. The molecule has 0 aromatic heterocycles. The Bertz CT molecular complexity index is 1390. The molecule has 1 aliphatic heterocycles. The molecule has 1 saturated heterocycles. The van der Waals surface area contributed by atoms with Gasteiger partial charge in [-0.1, -0.05) is 49.0 Å². The van der Waals surface area contributed by atoms with E-state index in [-0.39, 0.29) is 23.7 Å². The Morgan fingerprint density at radius 3 is 2.63 bits per heavy atom. The molecule has 6 heteroatoms. The lowest BCUT2D eigenvalue weighted by Gasteiger charge is -2.60. The predicted molar refractivity (Wildman–Crippen MR) is 149 cm³/mol. The van der Waals surface area contributed by atoms with Crippen LogP contribution in [0.4, 0.5) is 0 Å². The molecule has 1 saturated carbocycles. The van der Waals surface area contributed by atoms with Crippen molar-refractivity contribution >= 4 is 22.6 Å². The topological polar surface area (TPSA) is 75.6 Å². The molecule has 3 aromatic carbocycles. The van der Waals surface area contributed by atoms with Gasteiger partial charge in [0.15, 0.2) is 5.60 Å². The van der Waals surface area contributed by atoms with Gasteiger partial charge >= 0.3 is 5.97 Å². The lowest BCUT2D eigenvalue weighted by Crippen LogP contribution is -2.72. The van der Waals surface area contributed by atoms with Gasteiger partial charge in [-0.25, -0.2) is 0 Å². The minimum absolute atomic E-state index is 0.101. The number of phenols is 1. The van der Waals surface area contributed by atoms with Crippen molar-refractivity contribution in [2.45, 2.75) is 49.7 Å². The summed E-state index contributed by atoms with van der Waals surface area (Å²) in [4.78, 5) is 26.0. The smallest absolute Gasteiger partial charge is 0.303 e. The molecule has 2 N–H and O–H groups in total. The Morgan fingerprint density at radius 2 is 1.89 bits per heavy atom. The molecule has 198 valence electrons. The van der Waals surface area contributed by atoms with Crippen LogP contribution >= 0.6 is 0 Å². The molecule has 0 radical (unpaired) electrons. The molecule has 1 unspecified atom stereocenters. The highest BCUT2D eigenvalue weighted by molar-refractivity contribution is 5.98. The number of quaternary nitrogens is 1. The number of ether oxygens (including phenoxy) is 1. The van der Waals surface area contributed by atoms with Gasteiger partial charge < -0.3 is 19.6 Å². The lowest BCUT2D eigenvalue weighted by molar-refractivity contribution is -0.917. The van der Waals surface area contributed by atoms with E-state index in [1.807, 2.05) is 60.7 Å². The monoisotopic (exact) mass is 513 g/mol. The van der Waals surface area contributed by atoms with Crippen LogP contribution in [0.15, 0.2) is 79.4 Å². The van der Waals surface area contributed by atoms with Gasteiger partial charge in [0.05, 0.1) is 20.1 Å². The van der Waals surface area contributed by atoms with Gasteiger partial charge in [0, 0.05) is 30.4 Å². The molecular formula is C32H37N2O4+. The van der Waals surface area contributed by atoms with Gasteiger partial charge in [-0.05, 0) is 65.9 Å². The molecule has 2 aliphatic rings. The number of amides is 1. The van der Waals surface area contributed by atoms with E-state index >= 15 is 0 Å². The average molecular weight is 514 g/mol. The minimum Gasteiger partial charge on any atom is -0.508 e. The molecule has 2 fully saturated rings. The fraction of sp³-hybridized carbons (Fsp3) is 0.375. The third kappa shape index (κ3) is 4.69. The highest BCUT2D eigenvalue weighted by atomic mass is 16.6. The summed E-state index contributed by atoms with van der Waals surface area (Å²) in [6.07, 6.45) is 4.63. The van der Waals surface area contributed by atoms with Crippen molar-refractivity contribution < 1.29 is 23.9 Å². The van der Waals surface area contributed by atoms with E-state index in [0.717, 1.165) is 40.3 Å². The highest BCUT2D eigenvalue weighted by Gasteiger charge is 2.64. The number of phenolic OH excluding ortho intramolecular Hbond substituents is 1. The lowest BCUT2D eigenvalue weighted by atomic mass is 9.54. The number of hydrogen-bond donors (Lipinski definition) is 2. The van der Waals surface area contributed by atoms with E-state index in [9.17, 15) is 14.7 Å². The summed E-state index contributed by atoms with van der Waals surface area (Å²) in [5, 5.41) is 15.9. The zero-order valence-electron chi connectivity index (χ0n) is 22.3. The number of aromatic hydroxyl groups is 1. The molecule has 5 rings (SSSR count). The summed E-state index contributed by atoms with van der Waals surface area (Å²) in [6.45, 7) is 7.74. The Morgan fingerprint density at radius 1 is 1.11 bits per heavy atom. The molecule has 0 bridgehead atoms. The summed E-state index contributed by atoms with van der Waals surface area (Å²) < 4.78 is 7.05. The summed E-state index contributed by atoms with van der Waals surface area (Å²) in [5.41, 5.74) is 0.280. The van der Waals surface area contributed by atoms with Crippen LogP contribution < -0.4 is 5.32 Å². The first-order chi connectivity index (χ1) is 18.2. The van der Waals surface area contributed by atoms with Crippen molar-refractivity contribution in [3.05, 3.63) is 90.5 Å². The van der Waals surface area contributed by atoms with Crippen molar-refractivity contribution in [1.82, 2.24) is 5.32 Å². The molecule has 6 nitrogen and oxygen atoms in total. The van der Waals surface area contributed by atoms with Gasteiger partial charge in [0.1, 0.15) is 12.3 Å². The van der Waals surface area contributed by atoms with E-state index in [0.29, 0.717) is 31.4 Å². The van der Waals surface area contributed by atoms with Crippen LogP contribution in [-0.4, -0.2) is 59.8 Å². The Kier molecular flexibility index (Phi) is 6.78. The third-order valence-corrected chi connectivity index (χ3v) is 8.73. The van der Waals surface area contributed by atoms with Crippen LogP contribution in [0.5, 0.6) is 5.75 Å². The van der Waals surface area contributed by atoms with Crippen LogP contribution in [0.3, 0.4) is 0 Å². The number of benzene rings is 3. The molecule has 4 atom stereocenters. The Hall–Kier alpha value is -3.64. The van der Waals surface area contributed by atoms with Crippen LogP contribution in [-0.2, 0) is 14.9 Å². The van der Waals surface area contributed by atoms with Crippen LogP contribution in [0.1, 0.15) is 48.5 Å². The number of likely N-dealkylation sites (tertiary alicyclic amines) is 1. The fourth-order valence-corrected chi connectivity index (χ4v) is 7.05. The van der Waals surface area contributed by atoms with Crippen molar-refractivity contribution in [3.8, 4) is 5.75 Å². The van der Waals surface area contributed by atoms with Crippen molar-refractivity contribution in [2.75, 3.05) is 26.7 Å². The number of rotatable bonds is 6. The number of fused-ring (bicyclic) bond motifs is 2. The summed E-state index contributed by atoms with van der Waals surface area (Å²) >= 11 is 0. The second kappa shape index (κ2) is 9.91. The molecule has 1 amide bonds. The van der Waals surface area contributed by atoms with Gasteiger partial charge in [-0.15, -0.1) is 0 Å². The van der Waals surface area contributed by atoms with Crippen molar-refractivity contribution in [3.63, 3.8) is 0 Å². The highest BCUT2D eigenvalue weighted by Crippen LogP contribution is 2.55. The van der Waals surface area contributed by atoms with E-state index in [1.54, 1.807) is 12.1 Å². The van der Waals surface area contributed by atoms with E-state index in [4.69, 9.17) is 4.74 Å². The van der Waals surface area contributed by atoms with Gasteiger partial charge in [-0.2, -0.15) is 0 Å². The van der Waals surface area contributed by atoms with Gasteiger partial charge in [-0.3, -0.25) is 9.59 Å². The number of nitrogens with one attached hydrogen (secondary N) is 1. The third-order valence-electron chi connectivity index (χ3n) is 8.73. The molecule has 1 heterocycles. The van der Waals surface area contributed by atoms with Crippen molar-refractivity contribution in [1.29, 1.82) is 0 Å². The number of piperidine rings is 1. The molecule has 38 heavy (non-hydrogen) atoms. The fourth-order valence-electron chi connectivity index (χ4n) is 7.05. The number of esters is 1. The quantitative estimate of drug-likeness (QED) is 0.273. The maximum atomic E-state index is 13.4. The summed E-state index contributed by atoms with van der Waals surface area (Å²) in [6, 6.07) is 21.0. The molecule has 0 spiro atoms. The Balaban J connectivity index is 1.50. The first-order valence-corrected chi connectivity index (χ1v) is 13.4. The number of hydrogen-bond acceptors (Lipinski definition) is 4. The average Bonchev–Trinajstić information content (AvgIpc) is 2.88. The number of nitrogens with zero attached hydrogens (tertiary/aromatic N) is 1. The van der Waals surface area contributed by atoms with E-state index in [1.165, 1.54) is 6.92 Å². The molecule has 3 aromatic rings. The first kappa shape index (κ1) is 26.0. The standard InChI is InChI=1S/C32H36N2O4/c1-4-17-34(3)18-16-31(27-10-7-11-29(36)20-27)21-28(14-15-32(31,22-34)38-23(2)35)33-30(37)26-13-12-24-8-5-6-9-25(24)19-26/h4-13,19-20,28H,1,14-18,21-22H2,2-3H3,(H-,33,36,37)/p+1/t28-,31-,32?,34-/m0/s1. The van der Waals surface area contributed by atoms with Crippen LogP contribution in [0.2, 0.25) is 0 Å². The minimum atomic E-state index is -0.757. The van der Waals surface area contributed by atoms with Gasteiger partial charge in [0.25, 0.3) is 5.91 Å². The zero-order valence-corrected chi connectivity index (χ0v) is 22.3. The maximum absolute atomic E-state index is 13.4. The maximum Gasteiger partial charge on any atom is 0.303 e. The predicted octanol–water partition coefficient (Wildman–Crippen LogP) is 5.10. The second-order valence-corrected chi connectivity index (χ2v) is 11.4. The molecular weight excluding hydrogens is 476 g/mol. The summed E-state index contributed by atoms with van der Waals surface area (Å²) in [5.74, 6) is -0.222. The van der Waals surface area contributed by atoms with Crippen molar-refractivity contribution in [2.24, 2.45) is 0 Å². The summed E-state index contributed by atoms with van der Waals surface area (Å²) in [7, 11) is 2.19. The SMILES string of the molecule is C=CC[N@@+]1(C)CC[C@@]2(c3cccc(O)c3)C[C@@H](NC(=O)c3ccc4ccccc4c3)CCC2(OC(C)=O)C1. The normalized spacial score (nSPS) is 28.7. The zero-order chi connectivity index (χ0) is 27.0. The second-order valence-electron chi connectivity index (χ2n) is 11.4. The van der Waals surface area contributed by atoms with E-state index < -0.39 is 11.0 Å². The van der Waals surface area contributed by atoms with Crippen LogP contribution in [0.25, 0.3) is 10.8 Å². The molecule has 1 aliphatic carbocycles. The van der Waals surface area contributed by atoms with Gasteiger partial charge in [0.2, 0.25) is 0 Å². The first-order valence-electron chi connectivity index (χ1n) is 13.4. The number of carbonyl (C=O) groups is 2. The number of carbonyl (C=O) groups excluding carboxylic acids is 2. The number of likely N-dealkylation sites (N-methyl/N-ethyl adjacent to an activating group) is 1. The van der Waals surface area contributed by atoms with E-state index in [2.05, 4.69) is 18.9 Å². The Labute approximate surface area is 224 Å². The van der Waals surface area contributed by atoms with Crippen LogP contribution in [0, 0.1) is 0 Å².